The summed E-state index contributed by atoms with van der Waals surface area (Å²) in [6, 6.07) is 0.0822. The van der Waals surface area contributed by atoms with Crippen LogP contribution in [0, 0.1) is 0 Å². The Morgan fingerprint density at radius 3 is 2.83 bits per heavy atom. The maximum atomic E-state index is 11.6. The summed E-state index contributed by atoms with van der Waals surface area (Å²) in [5.41, 5.74) is 5.54. The van der Waals surface area contributed by atoms with E-state index in [1.165, 1.54) is 6.20 Å². The average Bonchev–Trinajstić information content (AvgIpc) is 2.47. The Hall–Kier alpha value is -1.89. The van der Waals surface area contributed by atoms with Crippen LogP contribution in [0.2, 0.25) is 0 Å². The topological polar surface area (TPSA) is 113 Å². The van der Waals surface area contributed by atoms with Gasteiger partial charge in [0.05, 0.1) is 11.7 Å². The number of nitrogens with two attached hydrogens (primary N) is 1. The first-order valence-corrected chi connectivity index (χ1v) is 8.20. The van der Waals surface area contributed by atoms with E-state index in [1.54, 1.807) is 0 Å². The van der Waals surface area contributed by atoms with Crippen LogP contribution >= 0.6 is 0 Å². The SMILES string of the molecule is CCC(C)(C)Nc1ncc(C(N)=O)c(N[C@@H]2CCC[C@H](O)C2)n1. The summed E-state index contributed by atoms with van der Waals surface area (Å²) >= 11 is 0. The molecule has 1 heterocycles. The van der Waals surface area contributed by atoms with Gasteiger partial charge >= 0.3 is 0 Å². The third-order valence-corrected chi connectivity index (χ3v) is 4.38. The molecule has 1 aliphatic carbocycles. The van der Waals surface area contributed by atoms with Crippen molar-refractivity contribution >= 4 is 17.7 Å². The number of aliphatic hydroxyl groups excluding tert-OH is 1. The second kappa shape index (κ2) is 7.12. The van der Waals surface area contributed by atoms with E-state index in [1.807, 2.05) is 0 Å². The lowest BCUT2D eigenvalue weighted by atomic mass is 9.93. The van der Waals surface area contributed by atoms with Crippen molar-refractivity contribution in [3.8, 4) is 0 Å². The predicted octanol–water partition coefficient (Wildman–Crippen LogP) is 1.89. The molecule has 0 radical (unpaired) electrons. The minimum atomic E-state index is -0.565. The van der Waals surface area contributed by atoms with Gasteiger partial charge in [-0.25, -0.2) is 4.98 Å². The number of carbonyl (C=O) groups excluding carboxylic acids is 1. The highest BCUT2D eigenvalue weighted by molar-refractivity contribution is 5.97. The number of primary amides is 1. The van der Waals surface area contributed by atoms with Crippen LogP contribution in [0.25, 0.3) is 0 Å². The van der Waals surface area contributed by atoms with Crippen LogP contribution in [0.3, 0.4) is 0 Å². The fourth-order valence-corrected chi connectivity index (χ4v) is 2.61. The van der Waals surface area contributed by atoms with Crippen LogP contribution in [-0.2, 0) is 0 Å². The molecule has 1 aromatic heterocycles. The van der Waals surface area contributed by atoms with E-state index in [0.717, 1.165) is 25.7 Å². The number of hydrogen-bond donors (Lipinski definition) is 4. The number of anilines is 2. The molecule has 0 aromatic carbocycles. The number of rotatable bonds is 6. The third kappa shape index (κ3) is 4.79. The van der Waals surface area contributed by atoms with Crippen LogP contribution in [0.15, 0.2) is 6.20 Å². The summed E-state index contributed by atoms with van der Waals surface area (Å²) in [7, 11) is 0. The second-order valence-electron chi connectivity index (χ2n) is 6.84. The molecule has 1 aliphatic rings. The summed E-state index contributed by atoms with van der Waals surface area (Å²) in [5, 5.41) is 16.3. The van der Waals surface area contributed by atoms with Crippen LogP contribution in [0.4, 0.5) is 11.8 Å². The lowest BCUT2D eigenvalue weighted by molar-refractivity contribution is 0.100. The summed E-state index contributed by atoms with van der Waals surface area (Å²) in [6.45, 7) is 6.19. The van der Waals surface area contributed by atoms with Gasteiger partial charge in [0, 0.05) is 17.8 Å². The Balaban J connectivity index is 2.21. The molecule has 0 bridgehead atoms. The number of nitrogens with one attached hydrogen (secondary N) is 2. The van der Waals surface area contributed by atoms with Crippen molar-refractivity contribution in [1.29, 1.82) is 0 Å². The molecule has 0 unspecified atom stereocenters. The Bertz CT molecular complexity index is 561. The smallest absolute Gasteiger partial charge is 0.254 e. The molecule has 1 fully saturated rings. The second-order valence-corrected chi connectivity index (χ2v) is 6.84. The first-order valence-electron chi connectivity index (χ1n) is 8.20. The lowest BCUT2D eigenvalue weighted by Gasteiger charge is -2.28. The van der Waals surface area contributed by atoms with Gasteiger partial charge in [-0.1, -0.05) is 6.92 Å². The molecule has 7 heteroatoms. The maximum absolute atomic E-state index is 11.6. The van der Waals surface area contributed by atoms with Gasteiger partial charge in [0.15, 0.2) is 0 Å². The number of nitrogens with zero attached hydrogens (tertiary/aromatic N) is 2. The molecule has 2 rings (SSSR count). The molecule has 5 N–H and O–H groups in total. The lowest BCUT2D eigenvalue weighted by Crippen LogP contribution is -2.33. The molecule has 0 spiro atoms. The standard InChI is InChI=1S/C16H27N5O2/c1-4-16(2,3)21-15-18-9-12(13(17)23)14(20-15)19-10-6-5-7-11(22)8-10/h9-11,22H,4-8H2,1-3H3,(H2,17,23)(H2,18,19,20,21)/t10-,11+/m1/s1. The van der Waals surface area contributed by atoms with Crippen molar-refractivity contribution in [1.82, 2.24) is 9.97 Å². The summed E-state index contributed by atoms with van der Waals surface area (Å²) in [5.74, 6) is 0.326. The van der Waals surface area contributed by atoms with Crippen molar-refractivity contribution in [2.75, 3.05) is 10.6 Å². The molecule has 7 nitrogen and oxygen atoms in total. The number of carbonyl (C=O) groups is 1. The van der Waals surface area contributed by atoms with Gasteiger partial charge in [-0.2, -0.15) is 4.98 Å². The molecule has 0 saturated heterocycles. The average molecular weight is 321 g/mol. The molecule has 1 amide bonds. The Kier molecular flexibility index (Phi) is 5.41. The van der Waals surface area contributed by atoms with Gasteiger partial charge in [-0.15, -0.1) is 0 Å². The zero-order valence-corrected chi connectivity index (χ0v) is 14.1. The molecule has 1 aromatic rings. The van der Waals surface area contributed by atoms with E-state index < -0.39 is 5.91 Å². The molecule has 23 heavy (non-hydrogen) atoms. The maximum Gasteiger partial charge on any atom is 0.254 e. The van der Waals surface area contributed by atoms with E-state index in [9.17, 15) is 9.90 Å². The third-order valence-electron chi connectivity index (χ3n) is 4.38. The highest BCUT2D eigenvalue weighted by Gasteiger charge is 2.23. The van der Waals surface area contributed by atoms with Crippen molar-refractivity contribution < 1.29 is 9.90 Å². The van der Waals surface area contributed by atoms with Gasteiger partial charge in [-0.05, 0) is 46.0 Å². The molecular weight excluding hydrogens is 294 g/mol. The molecule has 0 aliphatic heterocycles. The van der Waals surface area contributed by atoms with Crippen molar-refractivity contribution in [3.63, 3.8) is 0 Å². The van der Waals surface area contributed by atoms with E-state index in [2.05, 4.69) is 41.4 Å². The Labute approximate surface area is 137 Å². The Morgan fingerprint density at radius 2 is 2.22 bits per heavy atom. The number of hydrogen-bond acceptors (Lipinski definition) is 6. The first kappa shape index (κ1) is 17.5. The summed E-state index contributed by atoms with van der Waals surface area (Å²) in [6.07, 6.45) is 5.40. The summed E-state index contributed by atoms with van der Waals surface area (Å²) < 4.78 is 0. The van der Waals surface area contributed by atoms with Gasteiger partial charge in [0.25, 0.3) is 5.91 Å². The molecule has 128 valence electrons. The van der Waals surface area contributed by atoms with Crippen LogP contribution in [-0.4, -0.2) is 38.7 Å². The van der Waals surface area contributed by atoms with Crippen LogP contribution < -0.4 is 16.4 Å². The number of aromatic nitrogens is 2. The van der Waals surface area contributed by atoms with Gasteiger partial charge < -0.3 is 21.5 Å². The van der Waals surface area contributed by atoms with Crippen molar-refractivity contribution in [2.45, 2.75) is 70.6 Å². The van der Waals surface area contributed by atoms with Crippen LogP contribution in [0.5, 0.6) is 0 Å². The zero-order valence-electron chi connectivity index (χ0n) is 14.1. The van der Waals surface area contributed by atoms with E-state index in [4.69, 9.17) is 5.73 Å². The largest absolute Gasteiger partial charge is 0.393 e. The van der Waals surface area contributed by atoms with Gasteiger partial charge in [0.2, 0.25) is 5.95 Å². The highest BCUT2D eigenvalue weighted by Crippen LogP contribution is 2.24. The zero-order chi connectivity index (χ0) is 17.0. The quantitative estimate of drug-likeness (QED) is 0.636. The van der Waals surface area contributed by atoms with Crippen LogP contribution in [0.1, 0.15) is 63.2 Å². The van der Waals surface area contributed by atoms with Gasteiger partial charge in [-0.3, -0.25) is 4.79 Å². The van der Waals surface area contributed by atoms with Gasteiger partial charge in [0.1, 0.15) is 5.82 Å². The molecular formula is C16H27N5O2. The minimum absolute atomic E-state index is 0.0822. The number of aliphatic hydroxyl groups is 1. The van der Waals surface area contributed by atoms with Crippen molar-refractivity contribution in [3.05, 3.63) is 11.8 Å². The monoisotopic (exact) mass is 321 g/mol. The number of amides is 1. The molecule has 2 atom stereocenters. The van der Waals surface area contributed by atoms with E-state index in [0.29, 0.717) is 18.2 Å². The highest BCUT2D eigenvalue weighted by atomic mass is 16.3. The minimum Gasteiger partial charge on any atom is -0.393 e. The first-order chi connectivity index (χ1) is 10.8. The van der Waals surface area contributed by atoms with E-state index in [-0.39, 0.29) is 23.2 Å². The predicted molar refractivity (Wildman–Crippen MR) is 90.4 cm³/mol. The summed E-state index contributed by atoms with van der Waals surface area (Å²) in [4.78, 5) is 20.2. The molecule has 1 saturated carbocycles. The Morgan fingerprint density at radius 1 is 1.48 bits per heavy atom. The fraction of sp³-hybridized carbons (Fsp3) is 0.688. The van der Waals surface area contributed by atoms with Crippen molar-refractivity contribution in [2.24, 2.45) is 5.73 Å². The normalized spacial score (nSPS) is 21.7. The fourth-order valence-electron chi connectivity index (χ4n) is 2.61. The van der Waals surface area contributed by atoms with E-state index >= 15 is 0 Å².